The predicted molar refractivity (Wildman–Crippen MR) is 102 cm³/mol. The van der Waals surface area contributed by atoms with Gasteiger partial charge in [-0.15, -0.1) is 0 Å². The first kappa shape index (κ1) is 19.7. The van der Waals surface area contributed by atoms with Gasteiger partial charge in [0.2, 0.25) is 0 Å². The summed E-state index contributed by atoms with van der Waals surface area (Å²) in [5, 5.41) is 11.0. The second kappa shape index (κ2) is 6.84. The number of carbonyl (C=O) groups excluding carboxylic acids is 1. The van der Waals surface area contributed by atoms with E-state index in [-0.39, 0.29) is 11.3 Å². The second-order valence-electron chi connectivity index (χ2n) is 6.95. The molecule has 0 spiro atoms. The lowest BCUT2D eigenvalue weighted by atomic mass is 9.83. The number of anilines is 1. The van der Waals surface area contributed by atoms with Crippen LogP contribution in [0.5, 0.6) is 0 Å². The summed E-state index contributed by atoms with van der Waals surface area (Å²) < 4.78 is 34.3. The van der Waals surface area contributed by atoms with Gasteiger partial charge in [-0.05, 0) is 29.9 Å². The molecule has 1 aromatic carbocycles. The molecule has 3 rings (SSSR count). The van der Waals surface area contributed by atoms with Crippen LogP contribution >= 0.6 is 0 Å². The fourth-order valence-electron chi connectivity index (χ4n) is 3.39. The summed E-state index contributed by atoms with van der Waals surface area (Å²) in [5.41, 5.74) is 1.16. The summed E-state index contributed by atoms with van der Waals surface area (Å²) in [7, 11) is -4.57. The highest BCUT2D eigenvalue weighted by atomic mass is 32.2. The minimum Gasteiger partial charge on any atom is -0.747 e. The van der Waals surface area contributed by atoms with Gasteiger partial charge in [0, 0.05) is 34.5 Å². The molecule has 146 valence electrons. The van der Waals surface area contributed by atoms with Gasteiger partial charge in [-0.2, -0.15) is 0 Å². The van der Waals surface area contributed by atoms with Crippen LogP contribution < -0.4 is 4.90 Å². The number of para-hydroxylation sites is 1. The first-order valence-corrected chi connectivity index (χ1v) is 9.90. The fourth-order valence-corrected chi connectivity index (χ4v) is 3.98. The minimum absolute atomic E-state index is 0.0957. The molecule has 0 radical (unpaired) electrons. The molecule has 1 aliphatic heterocycles. The van der Waals surface area contributed by atoms with Crippen molar-refractivity contribution in [3.63, 3.8) is 0 Å². The highest BCUT2D eigenvalue weighted by Gasteiger charge is 2.40. The molecule has 0 fully saturated rings. The number of benzene rings is 1. The zero-order valence-electron chi connectivity index (χ0n) is 15.2. The van der Waals surface area contributed by atoms with Crippen molar-refractivity contribution in [1.29, 1.82) is 0 Å². The SMILES string of the molecule is CC1(C)C(=CC=C2C=C([N+](=O)[O-])C=CC2=O)N(CS(=O)(=O)[O-])c2ccccc21. The van der Waals surface area contributed by atoms with E-state index in [1.165, 1.54) is 17.1 Å². The summed E-state index contributed by atoms with van der Waals surface area (Å²) in [5.74, 6) is -1.16. The highest BCUT2D eigenvalue weighted by Crippen LogP contribution is 2.47. The molecule has 28 heavy (non-hydrogen) atoms. The third-order valence-electron chi connectivity index (χ3n) is 4.71. The number of hydrogen-bond acceptors (Lipinski definition) is 7. The molecule has 0 saturated heterocycles. The standard InChI is InChI=1S/C19H18N2O6S/c1-19(2)15-5-3-4-6-16(15)20(12-28(25,26)27)18(19)10-7-13-11-14(21(23)24)8-9-17(13)22/h3-11H,12H2,1-2H3,(H,25,26,27)/p-1. The maximum absolute atomic E-state index is 12.0. The number of nitrogens with zero attached hydrogens (tertiary/aromatic N) is 2. The molecule has 1 aliphatic carbocycles. The lowest BCUT2D eigenvalue weighted by Gasteiger charge is -2.27. The molecule has 0 unspecified atom stereocenters. The monoisotopic (exact) mass is 401 g/mol. The van der Waals surface area contributed by atoms with Crippen molar-refractivity contribution in [2.45, 2.75) is 19.3 Å². The van der Waals surface area contributed by atoms with E-state index < -0.39 is 32.1 Å². The van der Waals surface area contributed by atoms with Crippen LogP contribution in [0.4, 0.5) is 5.69 Å². The number of nitro groups is 1. The number of allylic oxidation sites excluding steroid dienone is 7. The number of ketones is 1. The Balaban J connectivity index is 2.11. The third-order valence-corrected chi connectivity index (χ3v) is 5.29. The van der Waals surface area contributed by atoms with Crippen LogP contribution in [-0.4, -0.2) is 29.6 Å². The van der Waals surface area contributed by atoms with Gasteiger partial charge >= 0.3 is 0 Å². The highest BCUT2D eigenvalue weighted by molar-refractivity contribution is 7.85. The number of carbonyl (C=O) groups is 1. The maximum atomic E-state index is 12.0. The Bertz CT molecular complexity index is 1090. The zero-order valence-corrected chi connectivity index (χ0v) is 16.0. The molecule has 0 aromatic heterocycles. The van der Waals surface area contributed by atoms with Crippen LogP contribution in [0, 0.1) is 10.1 Å². The van der Waals surface area contributed by atoms with Crippen molar-refractivity contribution in [3.8, 4) is 0 Å². The van der Waals surface area contributed by atoms with Crippen LogP contribution in [-0.2, 0) is 20.3 Å². The Morgan fingerprint density at radius 3 is 2.50 bits per heavy atom. The van der Waals surface area contributed by atoms with E-state index in [9.17, 15) is 27.9 Å². The van der Waals surface area contributed by atoms with E-state index in [0.29, 0.717) is 11.4 Å². The molecule has 9 heteroatoms. The smallest absolute Gasteiger partial charge is 0.270 e. The van der Waals surface area contributed by atoms with Crippen molar-refractivity contribution in [1.82, 2.24) is 0 Å². The van der Waals surface area contributed by atoms with Gasteiger partial charge in [0.05, 0.1) is 4.92 Å². The fraction of sp³-hybridized carbons (Fsp3) is 0.211. The van der Waals surface area contributed by atoms with Crippen molar-refractivity contribution in [2.24, 2.45) is 0 Å². The average Bonchev–Trinajstić information content (AvgIpc) is 2.80. The van der Waals surface area contributed by atoms with Crippen LogP contribution in [0.15, 0.2) is 71.6 Å². The number of rotatable bonds is 4. The van der Waals surface area contributed by atoms with E-state index in [1.54, 1.807) is 12.1 Å². The Morgan fingerprint density at radius 1 is 1.18 bits per heavy atom. The maximum Gasteiger partial charge on any atom is 0.270 e. The molecule has 0 bridgehead atoms. The van der Waals surface area contributed by atoms with Gasteiger partial charge in [-0.3, -0.25) is 14.9 Å². The number of hydrogen-bond donors (Lipinski definition) is 0. The van der Waals surface area contributed by atoms with E-state index in [4.69, 9.17) is 0 Å². The van der Waals surface area contributed by atoms with Gasteiger partial charge in [0.1, 0.15) is 16.0 Å². The van der Waals surface area contributed by atoms with Crippen LogP contribution in [0.1, 0.15) is 19.4 Å². The van der Waals surface area contributed by atoms with Gasteiger partial charge in [-0.25, -0.2) is 8.42 Å². The van der Waals surface area contributed by atoms with Crippen LogP contribution in [0.3, 0.4) is 0 Å². The normalized spacial score (nSPS) is 21.2. The predicted octanol–water partition coefficient (Wildman–Crippen LogP) is 2.40. The molecule has 0 N–H and O–H groups in total. The van der Waals surface area contributed by atoms with Crippen molar-refractivity contribution >= 4 is 21.6 Å². The van der Waals surface area contributed by atoms with Gasteiger partial charge in [-0.1, -0.05) is 32.0 Å². The van der Waals surface area contributed by atoms with E-state index >= 15 is 0 Å². The number of fused-ring (bicyclic) bond motifs is 1. The Labute approximate surface area is 162 Å². The summed E-state index contributed by atoms with van der Waals surface area (Å²) in [6.45, 7) is 3.74. The lowest BCUT2D eigenvalue weighted by Crippen LogP contribution is -2.30. The van der Waals surface area contributed by atoms with Crippen LogP contribution in [0.25, 0.3) is 0 Å². The third kappa shape index (κ3) is 3.67. The molecule has 8 nitrogen and oxygen atoms in total. The molecule has 1 aromatic rings. The van der Waals surface area contributed by atoms with Crippen molar-refractivity contribution in [2.75, 3.05) is 10.8 Å². The summed E-state index contributed by atoms with van der Waals surface area (Å²) in [4.78, 5) is 23.8. The van der Waals surface area contributed by atoms with Crippen molar-refractivity contribution < 1.29 is 22.7 Å². The zero-order chi connectivity index (χ0) is 20.7. The topological polar surface area (TPSA) is 121 Å². The molecule has 0 atom stereocenters. The summed E-state index contributed by atoms with van der Waals surface area (Å²) in [6.07, 6.45) is 6.33. The van der Waals surface area contributed by atoms with Gasteiger partial charge in [0.15, 0.2) is 5.78 Å². The molecule has 1 heterocycles. The summed E-state index contributed by atoms with van der Waals surface area (Å²) in [6, 6.07) is 7.11. The van der Waals surface area contributed by atoms with E-state index in [0.717, 1.165) is 23.8 Å². The Hall–Kier alpha value is -3.04. The Morgan fingerprint density at radius 2 is 1.86 bits per heavy atom. The van der Waals surface area contributed by atoms with E-state index in [2.05, 4.69) is 0 Å². The average molecular weight is 401 g/mol. The molecule has 0 saturated carbocycles. The Kier molecular flexibility index (Phi) is 4.82. The lowest BCUT2D eigenvalue weighted by molar-refractivity contribution is -0.419. The molecule has 2 aliphatic rings. The van der Waals surface area contributed by atoms with E-state index in [1.807, 2.05) is 26.0 Å². The van der Waals surface area contributed by atoms with Crippen LogP contribution in [0.2, 0.25) is 0 Å². The largest absolute Gasteiger partial charge is 0.747 e. The quantitative estimate of drug-likeness (QED) is 0.329. The first-order chi connectivity index (χ1) is 13.0. The van der Waals surface area contributed by atoms with Gasteiger partial charge < -0.3 is 9.45 Å². The minimum atomic E-state index is -4.57. The first-order valence-electron chi connectivity index (χ1n) is 8.32. The summed E-state index contributed by atoms with van der Waals surface area (Å²) >= 11 is 0. The molecular formula is C19H17N2O6S-. The molecule has 0 amide bonds. The molecular weight excluding hydrogens is 384 g/mol. The van der Waals surface area contributed by atoms with Gasteiger partial charge in [0.25, 0.3) is 5.70 Å². The second-order valence-corrected chi connectivity index (χ2v) is 8.33. The van der Waals surface area contributed by atoms with Crippen molar-refractivity contribution in [3.05, 3.63) is 87.3 Å².